The normalized spacial score (nSPS) is 18.2. The van der Waals surface area contributed by atoms with E-state index in [1.165, 1.54) is 0 Å². The molecule has 1 aliphatic rings. The maximum atomic E-state index is 14.7. The summed E-state index contributed by atoms with van der Waals surface area (Å²) in [5.74, 6) is -1.29. The number of halogens is 1. The Morgan fingerprint density at radius 2 is 1.88 bits per heavy atom. The summed E-state index contributed by atoms with van der Waals surface area (Å²) in [6.45, 7) is 0. The highest BCUT2D eigenvalue weighted by molar-refractivity contribution is 5.98. The van der Waals surface area contributed by atoms with Gasteiger partial charge in [-0.05, 0) is 42.7 Å². The first-order valence-electron chi connectivity index (χ1n) is 10.5. The van der Waals surface area contributed by atoms with E-state index < -0.39 is 11.7 Å². The number of carbonyl (C=O) groups excluding carboxylic acids is 1. The third kappa shape index (κ3) is 4.78. The van der Waals surface area contributed by atoms with Gasteiger partial charge in [0.25, 0.3) is 5.91 Å². The summed E-state index contributed by atoms with van der Waals surface area (Å²) in [7, 11) is 0. The summed E-state index contributed by atoms with van der Waals surface area (Å²) in [6.07, 6.45) is 7.04. The summed E-state index contributed by atoms with van der Waals surface area (Å²) >= 11 is 0. The van der Waals surface area contributed by atoms with Crippen LogP contribution in [0.15, 0.2) is 48.8 Å². The number of hydrogen-bond acceptors (Lipinski definition) is 7. The first kappa shape index (κ1) is 21.5. The quantitative estimate of drug-likeness (QED) is 0.373. The van der Waals surface area contributed by atoms with Crippen LogP contribution in [0.2, 0.25) is 0 Å². The van der Waals surface area contributed by atoms with Crippen LogP contribution in [0, 0.1) is 5.82 Å². The molecule has 1 aliphatic carbocycles. The van der Waals surface area contributed by atoms with E-state index >= 15 is 0 Å². The second-order valence-corrected chi connectivity index (χ2v) is 7.99. The van der Waals surface area contributed by atoms with Gasteiger partial charge >= 0.3 is 0 Å². The van der Waals surface area contributed by atoms with E-state index in [1.54, 1.807) is 18.5 Å². The van der Waals surface area contributed by atoms with E-state index in [9.17, 15) is 9.18 Å². The molecule has 1 aromatic carbocycles. The average Bonchev–Trinajstić information content (AvgIpc) is 2.77. The molecule has 8 nitrogen and oxygen atoms in total. The molecule has 2 atom stereocenters. The number of aromatic nitrogens is 2. The number of nitrogens with zero attached hydrogens (tertiary/aromatic N) is 2. The number of amides is 1. The van der Waals surface area contributed by atoms with Gasteiger partial charge in [-0.15, -0.1) is 0 Å². The molecule has 0 spiro atoms. The maximum Gasteiger partial charge on any atom is 0.252 e. The van der Waals surface area contributed by atoms with Gasteiger partial charge < -0.3 is 27.8 Å². The lowest BCUT2D eigenvalue weighted by atomic mass is 9.91. The molecule has 0 saturated heterocycles. The highest BCUT2D eigenvalue weighted by Crippen LogP contribution is 2.28. The smallest absolute Gasteiger partial charge is 0.252 e. The molecule has 32 heavy (non-hydrogen) atoms. The summed E-state index contributed by atoms with van der Waals surface area (Å²) in [4.78, 5) is 20.5. The van der Waals surface area contributed by atoms with Crippen molar-refractivity contribution in [3.05, 3.63) is 60.2 Å². The summed E-state index contributed by atoms with van der Waals surface area (Å²) in [6, 6.07) is 10.1. The Balaban J connectivity index is 1.65. The Hall–Kier alpha value is -3.72. The Bertz CT molecular complexity index is 1140. The van der Waals surface area contributed by atoms with Crippen molar-refractivity contribution in [1.82, 2.24) is 9.97 Å². The molecule has 0 aliphatic heterocycles. The number of nitrogens with one attached hydrogen (secondary N) is 2. The minimum atomic E-state index is -0.792. The summed E-state index contributed by atoms with van der Waals surface area (Å²) < 4.78 is 14.7. The van der Waals surface area contributed by atoms with Gasteiger partial charge in [-0.25, -0.2) is 9.37 Å². The topological polar surface area (TPSA) is 145 Å². The number of primary amides is 1. The molecular weight excluding hydrogens is 409 g/mol. The van der Waals surface area contributed by atoms with E-state index in [-0.39, 0.29) is 29.3 Å². The van der Waals surface area contributed by atoms with Crippen LogP contribution >= 0.6 is 0 Å². The van der Waals surface area contributed by atoms with Crippen molar-refractivity contribution in [3.63, 3.8) is 0 Å². The number of nitrogen functional groups attached to an aromatic ring is 1. The van der Waals surface area contributed by atoms with Crippen LogP contribution in [0.3, 0.4) is 0 Å². The molecule has 3 aromatic rings. The van der Waals surface area contributed by atoms with Crippen LogP contribution in [0.1, 0.15) is 36.0 Å². The first-order chi connectivity index (χ1) is 15.4. The molecule has 1 amide bonds. The summed E-state index contributed by atoms with van der Waals surface area (Å²) in [5.41, 5.74) is 20.4. The van der Waals surface area contributed by atoms with Crippen LogP contribution in [0.5, 0.6) is 0 Å². The number of hydrogen-bond donors (Lipinski definition) is 5. The van der Waals surface area contributed by atoms with E-state index in [1.807, 2.05) is 24.3 Å². The van der Waals surface area contributed by atoms with Crippen molar-refractivity contribution >= 4 is 28.9 Å². The van der Waals surface area contributed by atoms with Crippen molar-refractivity contribution in [3.8, 4) is 11.1 Å². The fourth-order valence-corrected chi connectivity index (χ4v) is 3.91. The predicted octanol–water partition coefficient (Wildman–Crippen LogP) is 3.39. The number of pyridine rings is 2. The molecule has 0 radical (unpaired) electrons. The van der Waals surface area contributed by atoms with Gasteiger partial charge in [0, 0.05) is 29.5 Å². The van der Waals surface area contributed by atoms with Gasteiger partial charge in [0.1, 0.15) is 5.82 Å². The van der Waals surface area contributed by atoms with Gasteiger partial charge in [-0.1, -0.05) is 25.0 Å². The second kappa shape index (κ2) is 9.19. The predicted molar refractivity (Wildman–Crippen MR) is 124 cm³/mol. The zero-order valence-electron chi connectivity index (χ0n) is 17.5. The van der Waals surface area contributed by atoms with Crippen molar-refractivity contribution in [2.24, 2.45) is 11.5 Å². The van der Waals surface area contributed by atoms with E-state index in [4.69, 9.17) is 17.2 Å². The number of rotatable bonds is 6. The lowest BCUT2D eigenvalue weighted by Crippen LogP contribution is -2.43. The highest BCUT2D eigenvalue weighted by atomic mass is 19.1. The lowest BCUT2D eigenvalue weighted by molar-refractivity contribution is 0.100. The van der Waals surface area contributed by atoms with Crippen molar-refractivity contribution in [1.29, 1.82) is 0 Å². The van der Waals surface area contributed by atoms with Crippen molar-refractivity contribution in [2.45, 2.75) is 37.8 Å². The average molecular weight is 436 g/mol. The van der Waals surface area contributed by atoms with Crippen LogP contribution in [-0.2, 0) is 0 Å². The zero-order valence-corrected chi connectivity index (χ0v) is 17.5. The van der Waals surface area contributed by atoms with Gasteiger partial charge in [-0.2, -0.15) is 0 Å². The first-order valence-corrected chi connectivity index (χ1v) is 10.5. The Morgan fingerprint density at radius 3 is 2.62 bits per heavy atom. The molecular formula is C23H26FN7O. The van der Waals surface area contributed by atoms with Gasteiger partial charge in [0.2, 0.25) is 0 Å². The zero-order chi connectivity index (χ0) is 22.7. The molecule has 9 heteroatoms. The van der Waals surface area contributed by atoms with Crippen LogP contribution in [0.4, 0.5) is 27.4 Å². The second-order valence-electron chi connectivity index (χ2n) is 7.99. The van der Waals surface area contributed by atoms with E-state index in [0.29, 0.717) is 11.4 Å². The summed E-state index contributed by atoms with van der Waals surface area (Å²) in [5, 5.41) is 6.15. The fraction of sp³-hybridized carbons (Fsp3) is 0.261. The molecule has 1 saturated carbocycles. The Kier molecular flexibility index (Phi) is 6.18. The molecule has 1 fully saturated rings. The van der Waals surface area contributed by atoms with Crippen molar-refractivity contribution in [2.75, 3.05) is 16.4 Å². The minimum Gasteiger partial charge on any atom is -0.399 e. The SMILES string of the molecule is NC(=O)c1cc(F)c(NC2CCCCC2N)nc1Nc1cncc(-c2cccc(N)c2)c1. The van der Waals surface area contributed by atoms with E-state index in [0.717, 1.165) is 42.9 Å². The number of anilines is 4. The number of nitrogens with two attached hydrogens (primary N) is 3. The van der Waals surface area contributed by atoms with Crippen LogP contribution < -0.4 is 27.8 Å². The monoisotopic (exact) mass is 435 g/mol. The maximum absolute atomic E-state index is 14.7. The van der Waals surface area contributed by atoms with Crippen LogP contribution in [-0.4, -0.2) is 28.0 Å². The highest BCUT2D eigenvalue weighted by Gasteiger charge is 2.24. The van der Waals surface area contributed by atoms with Crippen LogP contribution in [0.25, 0.3) is 11.1 Å². The Labute approximate surface area is 185 Å². The van der Waals surface area contributed by atoms with Crippen molar-refractivity contribution < 1.29 is 9.18 Å². The van der Waals surface area contributed by atoms with Gasteiger partial charge in [0.15, 0.2) is 11.6 Å². The number of benzene rings is 1. The molecule has 166 valence electrons. The standard InChI is InChI=1S/C23H26FN7O/c24-18-10-17(21(27)32)22(31-23(18)30-20-7-2-1-6-19(20)26)29-16-9-14(11-28-12-16)13-4-3-5-15(25)8-13/h3-5,8-12,19-20H,1-2,6-7,25-26H2,(H2,27,32)(H2,29,30,31). The minimum absolute atomic E-state index is 0.0276. The fourth-order valence-electron chi connectivity index (χ4n) is 3.91. The largest absolute Gasteiger partial charge is 0.399 e. The molecule has 2 unspecified atom stereocenters. The molecule has 2 aromatic heterocycles. The number of carbonyl (C=O) groups is 1. The molecule has 8 N–H and O–H groups in total. The third-order valence-electron chi connectivity index (χ3n) is 5.60. The molecule has 2 heterocycles. The molecule has 0 bridgehead atoms. The van der Waals surface area contributed by atoms with Gasteiger partial charge in [-0.3, -0.25) is 9.78 Å². The molecule has 4 rings (SSSR count). The third-order valence-corrected chi connectivity index (χ3v) is 5.60. The van der Waals surface area contributed by atoms with E-state index in [2.05, 4.69) is 20.6 Å². The Morgan fingerprint density at radius 1 is 1.06 bits per heavy atom. The van der Waals surface area contributed by atoms with Gasteiger partial charge in [0.05, 0.1) is 17.4 Å². The lowest BCUT2D eigenvalue weighted by Gasteiger charge is -2.30.